The van der Waals surface area contributed by atoms with Crippen molar-refractivity contribution in [2.24, 2.45) is 11.8 Å². The van der Waals surface area contributed by atoms with Crippen LogP contribution in [0.5, 0.6) is 0 Å². The molecule has 0 spiro atoms. The molecule has 2 heterocycles. The molecule has 2 aliphatic rings. The SMILES string of the molecule is CC1CCC(=O)N(CCC2CCNC2)C1. The molecule has 3 heteroatoms. The zero-order chi connectivity index (χ0) is 10.7. The van der Waals surface area contributed by atoms with Crippen LogP contribution in [0, 0.1) is 11.8 Å². The summed E-state index contributed by atoms with van der Waals surface area (Å²) in [5.41, 5.74) is 0. The Kier molecular flexibility index (Phi) is 3.62. The zero-order valence-corrected chi connectivity index (χ0v) is 9.67. The molecule has 1 N–H and O–H groups in total. The number of hydrogen-bond acceptors (Lipinski definition) is 2. The van der Waals surface area contributed by atoms with Crippen molar-refractivity contribution >= 4 is 5.91 Å². The number of carbonyl (C=O) groups excluding carboxylic acids is 1. The minimum atomic E-state index is 0.374. The van der Waals surface area contributed by atoms with Gasteiger partial charge in [0.2, 0.25) is 5.91 Å². The van der Waals surface area contributed by atoms with Crippen LogP contribution in [0.4, 0.5) is 0 Å². The van der Waals surface area contributed by atoms with E-state index < -0.39 is 0 Å². The van der Waals surface area contributed by atoms with Crippen molar-refractivity contribution in [2.75, 3.05) is 26.2 Å². The number of amides is 1. The second-order valence-electron chi connectivity index (χ2n) is 5.13. The standard InChI is InChI=1S/C12H22N2O/c1-10-2-3-12(15)14(9-10)7-5-11-4-6-13-8-11/h10-11,13H,2-9H2,1H3. The van der Waals surface area contributed by atoms with Crippen molar-refractivity contribution in [2.45, 2.75) is 32.6 Å². The van der Waals surface area contributed by atoms with Crippen LogP contribution in [0.25, 0.3) is 0 Å². The quantitative estimate of drug-likeness (QED) is 0.760. The first kappa shape index (κ1) is 10.9. The number of piperidine rings is 1. The maximum absolute atomic E-state index is 11.7. The molecule has 0 aromatic carbocycles. The van der Waals surface area contributed by atoms with Crippen LogP contribution in [0.1, 0.15) is 32.6 Å². The largest absolute Gasteiger partial charge is 0.342 e. The van der Waals surface area contributed by atoms with Crippen molar-refractivity contribution in [1.29, 1.82) is 0 Å². The minimum Gasteiger partial charge on any atom is -0.342 e. The van der Waals surface area contributed by atoms with E-state index in [-0.39, 0.29) is 0 Å². The average molecular weight is 210 g/mol. The van der Waals surface area contributed by atoms with Crippen LogP contribution in [-0.4, -0.2) is 37.0 Å². The Balaban J connectivity index is 1.74. The van der Waals surface area contributed by atoms with Gasteiger partial charge in [0.15, 0.2) is 0 Å². The average Bonchev–Trinajstić information content (AvgIpc) is 2.72. The predicted molar refractivity (Wildman–Crippen MR) is 60.6 cm³/mol. The van der Waals surface area contributed by atoms with Gasteiger partial charge in [-0.1, -0.05) is 6.92 Å². The number of rotatable bonds is 3. The topological polar surface area (TPSA) is 32.3 Å². The second-order valence-corrected chi connectivity index (χ2v) is 5.13. The Morgan fingerprint density at radius 1 is 1.47 bits per heavy atom. The van der Waals surface area contributed by atoms with Gasteiger partial charge in [-0.2, -0.15) is 0 Å². The van der Waals surface area contributed by atoms with Crippen LogP contribution in [0.3, 0.4) is 0 Å². The molecule has 0 saturated carbocycles. The third-order valence-corrected chi connectivity index (χ3v) is 3.71. The molecule has 2 unspecified atom stereocenters. The molecule has 0 aromatic rings. The summed E-state index contributed by atoms with van der Waals surface area (Å²) in [5.74, 6) is 1.87. The molecule has 0 bridgehead atoms. The summed E-state index contributed by atoms with van der Waals surface area (Å²) < 4.78 is 0. The smallest absolute Gasteiger partial charge is 0.222 e. The molecule has 0 radical (unpaired) electrons. The number of nitrogens with zero attached hydrogens (tertiary/aromatic N) is 1. The van der Waals surface area contributed by atoms with Crippen molar-refractivity contribution in [3.05, 3.63) is 0 Å². The highest BCUT2D eigenvalue weighted by Gasteiger charge is 2.24. The van der Waals surface area contributed by atoms with E-state index in [1.54, 1.807) is 0 Å². The Hall–Kier alpha value is -0.570. The van der Waals surface area contributed by atoms with Crippen LogP contribution in [0.15, 0.2) is 0 Å². The lowest BCUT2D eigenvalue weighted by Gasteiger charge is -2.31. The summed E-state index contributed by atoms with van der Waals surface area (Å²) in [6.45, 7) is 6.53. The lowest BCUT2D eigenvalue weighted by atomic mass is 9.98. The van der Waals surface area contributed by atoms with E-state index in [2.05, 4.69) is 17.1 Å². The van der Waals surface area contributed by atoms with Crippen molar-refractivity contribution in [3.63, 3.8) is 0 Å². The molecular weight excluding hydrogens is 188 g/mol. The number of likely N-dealkylation sites (tertiary alicyclic amines) is 1. The van der Waals surface area contributed by atoms with Gasteiger partial charge in [0.1, 0.15) is 0 Å². The number of nitrogens with one attached hydrogen (secondary N) is 1. The summed E-state index contributed by atoms with van der Waals surface area (Å²) >= 11 is 0. The first-order chi connectivity index (χ1) is 7.25. The summed E-state index contributed by atoms with van der Waals surface area (Å²) in [6, 6.07) is 0. The third kappa shape index (κ3) is 2.94. The maximum atomic E-state index is 11.7. The Labute approximate surface area is 92.2 Å². The molecular formula is C12H22N2O. The molecule has 2 rings (SSSR count). The van der Waals surface area contributed by atoms with E-state index in [0.29, 0.717) is 11.8 Å². The maximum Gasteiger partial charge on any atom is 0.222 e. The van der Waals surface area contributed by atoms with E-state index in [0.717, 1.165) is 44.9 Å². The van der Waals surface area contributed by atoms with Gasteiger partial charge in [0, 0.05) is 19.5 Å². The van der Waals surface area contributed by atoms with E-state index in [1.807, 2.05) is 0 Å². The molecule has 86 valence electrons. The molecule has 2 fully saturated rings. The van der Waals surface area contributed by atoms with E-state index in [1.165, 1.54) is 12.8 Å². The fraction of sp³-hybridized carbons (Fsp3) is 0.917. The van der Waals surface area contributed by atoms with Gasteiger partial charge in [-0.3, -0.25) is 4.79 Å². The first-order valence-corrected chi connectivity index (χ1v) is 6.24. The molecule has 2 aliphatic heterocycles. The minimum absolute atomic E-state index is 0.374. The zero-order valence-electron chi connectivity index (χ0n) is 9.67. The van der Waals surface area contributed by atoms with E-state index in [4.69, 9.17) is 0 Å². The monoisotopic (exact) mass is 210 g/mol. The van der Waals surface area contributed by atoms with Gasteiger partial charge in [-0.25, -0.2) is 0 Å². The van der Waals surface area contributed by atoms with Crippen LogP contribution in [-0.2, 0) is 4.79 Å². The summed E-state index contributed by atoms with van der Waals surface area (Å²) in [7, 11) is 0. The van der Waals surface area contributed by atoms with Crippen LogP contribution < -0.4 is 5.32 Å². The molecule has 2 atom stereocenters. The summed E-state index contributed by atoms with van der Waals surface area (Å²) in [5, 5.41) is 3.38. The lowest BCUT2D eigenvalue weighted by Crippen LogP contribution is -2.40. The van der Waals surface area contributed by atoms with Crippen LogP contribution >= 0.6 is 0 Å². The second kappa shape index (κ2) is 4.97. The van der Waals surface area contributed by atoms with Gasteiger partial charge in [0.25, 0.3) is 0 Å². The predicted octanol–water partition coefficient (Wildman–Crippen LogP) is 1.24. The molecule has 15 heavy (non-hydrogen) atoms. The molecule has 2 saturated heterocycles. The van der Waals surface area contributed by atoms with E-state index in [9.17, 15) is 4.79 Å². The highest BCUT2D eigenvalue weighted by Crippen LogP contribution is 2.19. The molecule has 0 aromatic heterocycles. The van der Waals surface area contributed by atoms with Crippen LogP contribution in [0.2, 0.25) is 0 Å². The summed E-state index contributed by atoms with van der Waals surface area (Å²) in [4.78, 5) is 13.7. The van der Waals surface area contributed by atoms with Crippen molar-refractivity contribution in [1.82, 2.24) is 10.2 Å². The van der Waals surface area contributed by atoms with Gasteiger partial charge < -0.3 is 10.2 Å². The van der Waals surface area contributed by atoms with Gasteiger partial charge in [-0.15, -0.1) is 0 Å². The third-order valence-electron chi connectivity index (χ3n) is 3.71. The Morgan fingerprint density at radius 3 is 3.07 bits per heavy atom. The van der Waals surface area contributed by atoms with Gasteiger partial charge in [0.05, 0.1) is 0 Å². The summed E-state index contributed by atoms with van der Waals surface area (Å²) in [6.07, 6.45) is 4.33. The van der Waals surface area contributed by atoms with Crippen molar-refractivity contribution < 1.29 is 4.79 Å². The normalized spacial score (nSPS) is 32.3. The molecule has 3 nitrogen and oxygen atoms in total. The van der Waals surface area contributed by atoms with Crippen molar-refractivity contribution in [3.8, 4) is 0 Å². The number of carbonyl (C=O) groups is 1. The lowest BCUT2D eigenvalue weighted by molar-refractivity contribution is -0.134. The highest BCUT2D eigenvalue weighted by molar-refractivity contribution is 5.76. The van der Waals surface area contributed by atoms with E-state index >= 15 is 0 Å². The Bertz CT molecular complexity index is 224. The highest BCUT2D eigenvalue weighted by atomic mass is 16.2. The van der Waals surface area contributed by atoms with Gasteiger partial charge in [-0.05, 0) is 44.2 Å². The number of hydrogen-bond donors (Lipinski definition) is 1. The Morgan fingerprint density at radius 2 is 2.33 bits per heavy atom. The fourth-order valence-corrected chi connectivity index (χ4v) is 2.61. The molecule has 1 amide bonds. The fourth-order valence-electron chi connectivity index (χ4n) is 2.61. The van der Waals surface area contributed by atoms with Gasteiger partial charge >= 0.3 is 0 Å². The first-order valence-electron chi connectivity index (χ1n) is 6.24. The molecule has 0 aliphatic carbocycles.